The van der Waals surface area contributed by atoms with Gasteiger partial charge in [-0.25, -0.2) is 0 Å². The second-order valence-electron chi connectivity index (χ2n) is 10.1. The van der Waals surface area contributed by atoms with Crippen molar-refractivity contribution in [3.05, 3.63) is 0 Å². The predicted octanol–water partition coefficient (Wildman–Crippen LogP) is 2.73. The normalized spacial score (nSPS) is 51.5. The summed E-state index contributed by atoms with van der Waals surface area (Å²) in [6.07, 6.45) is 2.75. The van der Waals surface area contributed by atoms with Crippen molar-refractivity contribution in [3.8, 4) is 0 Å². The summed E-state index contributed by atoms with van der Waals surface area (Å²) in [5, 5.41) is 0. The number of carbonyl (C=O) groups excluding carboxylic acids is 2. The molecule has 28 heavy (non-hydrogen) atoms. The van der Waals surface area contributed by atoms with Crippen molar-refractivity contribution in [2.45, 2.75) is 77.3 Å². The molecule has 0 aromatic rings. The molecule has 0 radical (unpaired) electrons. The third-order valence-electron chi connectivity index (χ3n) is 8.70. The maximum Gasteiger partial charge on any atom is 0.309 e. The standard InChI is InChI=1S/C22H32O6/c1-5-17(23)27-18-13(11(2)3)8-16-22(28-16)19(18)25-10-15-14-9-26-20(24)12(14)6-7-21(15,22)4/h11-16,18-19H,5-10H2,1-4H3. The zero-order valence-corrected chi connectivity index (χ0v) is 17.3. The van der Waals surface area contributed by atoms with Gasteiger partial charge in [0.1, 0.15) is 17.8 Å². The number of hydrogen-bond donors (Lipinski definition) is 0. The molecule has 0 N–H and O–H groups in total. The molecule has 0 aromatic carbocycles. The first-order valence-electron chi connectivity index (χ1n) is 11.0. The minimum atomic E-state index is -0.392. The minimum Gasteiger partial charge on any atom is -0.465 e. The van der Waals surface area contributed by atoms with Crippen molar-refractivity contribution >= 4 is 11.9 Å². The lowest BCUT2D eigenvalue weighted by Crippen LogP contribution is -2.67. The van der Waals surface area contributed by atoms with Gasteiger partial charge in [0.05, 0.1) is 25.2 Å². The molecule has 156 valence electrons. The molecule has 6 heteroatoms. The highest BCUT2D eigenvalue weighted by molar-refractivity contribution is 5.75. The SMILES string of the molecule is CCC(=O)OC1C(C(C)C)CC2OC23C1OCC1C2COC(=O)C2CCC13C. The molecule has 9 atom stereocenters. The van der Waals surface area contributed by atoms with Crippen molar-refractivity contribution in [1.29, 1.82) is 0 Å². The smallest absolute Gasteiger partial charge is 0.309 e. The topological polar surface area (TPSA) is 74.4 Å². The molecule has 3 heterocycles. The number of esters is 2. The van der Waals surface area contributed by atoms with Crippen molar-refractivity contribution in [2.24, 2.45) is 35.0 Å². The van der Waals surface area contributed by atoms with Gasteiger partial charge < -0.3 is 18.9 Å². The summed E-state index contributed by atoms with van der Waals surface area (Å²) >= 11 is 0. The van der Waals surface area contributed by atoms with Gasteiger partial charge in [0.25, 0.3) is 0 Å². The van der Waals surface area contributed by atoms with Crippen LogP contribution in [-0.4, -0.2) is 49.1 Å². The average Bonchev–Trinajstić information content (AvgIpc) is 3.29. The summed E-state index contributed by atoms with van der Waals surface area (Å²) in [7, 11) is 0. The Bertz CT molecular complexity index is 691. The molecule has 0 bridgehead atoms. The Morgan fingerprint density at radius 2 is 2.11 bits per heavy atom. The van der Waals surface area contributed by atoms with Crippen LogP contribution in [0.2, 0.25) is 0 Å². The number of fused-ring (bicyclic) bond motifs is 3. The van der Waals surface area contributed by atoms with Gasteiger partial charge in [-0.05, 0) is 31.1 Å². The van der Waals surface area contributed by atoms with Crippen LogP contribution in [0.25, 0.3) is 0 Å². The molecule has 2 saturated carbocycles. The molecule has 5 aliphatic rings. The van der Waals surface area contributed by atoms with E-state index in [9.17, 15) is 9.59 Å². The Labute approximate surface area is 166 Å². The van der Waals surface area contributed by atoms with Crippen LogP contribution in [0.1, 0.15) is 53.4 Å². The number of carbonyl (C=O) groups is 2. The summed E-state index contributed by atoms with van der Waals surface area (Å²) in [4.78, 5) is 24.3. The first kappa shape index (κ1) is 18.9. The lowest BCUT2D eigenvalue weighted by atomic mass is 9.50. The molecule has 1 spiro atoms. The Hall–Kier alpha value is -1.14. The predicted molar refractivity (Wildman–Crippen MR) is 99.2 cm³/mol. The number of ether oxygens (including phenoxy) is 4. The highest BCUT2D eigenvalue weighted by atomic mass is 16.7. The van der Waals surface area contributed by atoms with Gasteiger partial charge in [-0.2, -0.15) is 0 Å². The van der Waals surface area contributed by atoms with Crippen LogP contribution in [-0.2, 0) is 28.5 Å². The van der Waals surface area contributed by atoms with Gasteiger partial charge in [-0.3, -0.25) is 9.59 Å². The monoisotopic (exact) mass is 392 g/mol. The second-order valence-corrected chi connectivity index (χ2v) is 10.1. The van der Waals surface area contributed by atoms with Crippen LogP contribution in [0.3, 0.4) is 0 Å². The van der Waals surface area contributed by atoms with E-state index in [4.69, 9.17) is 18.9 Å². The lowest BCUT2D eigenvalue weighted by Gasteiger charge is -2.58. The molecule has 3 aliphatic heterocycles. The molecular weight excluding hydrogens is 360 g/mol. The first-order valence-corrected chi connectivity index (χ1v) is 11.0. The minimum absolute atomic E-state index is 0.00699. The number of epoxide rings is 1. The Balaban J connectivity index is 1.49. The zero-order chi connectivity index (χ0) is 19.8. The van der Waals surface area contributed by atoms with Crippen molar-refractivity contribution in [1.82, 2.24) is 0 Å². The summed E-state index contributed by atoms with van der Waals surface area (Å²) in [6.45, 7) is 9.61. The first-order chi connectivity index (χ1) is 13.3. The van der Waals surface area contributed by atoms with Gasteiger partial charge in [0, 0.05) is 23.7 Å². The summed E-state index contributed by atoms with van der Waals surface area (Å²) in [6, 6.07) is 0. The molecule has 0 amide bonds. The van der Waals surface area contributed by atoms with E-state index < -0.39 is 5.60 Å². The molecular formula is C22H32O6. The van der Waals surface area contributed by atoms with Crippen molar-refractivity contribution in [3.63, 3.8) is 0 Å². The van der Waals surface area contributed by atoms with E-state index >= 15 is 0 Å². The fourth-order valence-electron chi connectivity index (χ4n) is 7.02. The average molecular weight is 392 g/mol. The van der Waals surface area contributed by atoms with E-state index in [1.165, 1.54) is 0 Å². The Morgan fingerprint density at radius 1 is 1.32 bits per heavy atom. The number of rotatable bonds is 3. The third kappa shape index (κ3) is 2.28. The van der Waals surface area contributed by atoms with Crippen LogP contribution in [0, 0.1) is 35.0 Å². The maximum atomic E-state index is 12.2. The number of cyclic esters (lactones) is 1. The fourth-order valence-corrected chi connectivity index (χ4v) is 7.02. The largest absolute Gasteiger partial charge is 0.465 e. The molecule has 6 nitrogen and oxygen atoms in total. The Morgan fingerprint density at radius 3 is 2.82 bits per heavy atom. The van der Waals surface area contributed by atoms with Gasteiger partial charge in [-0.15, -0.1) is 0 Å². The highest BCUT2D eigenvalue weighted by Crippen LogP contribution is 2.70. The maximum absolute atomic E-state index is 12.2. The van der Waals surface area contributed by atoms with Crippen LogP contribution < -0.4 is 0 Å². The van der Waals surface area contributed by atoms with E-state index in [0.717, 1.165) is 19.3 Å². The summed E-state index contributed by atoms with van der Waals surface area (Å²) < 4.78 is 24.4. The molecule has 9 unspecified atom stereocenters. The Kier molecular flexibility index (Phi) is 4.16. The molecule has 5 fully saturated rings. The summed E-state index contributed by atoms with van der Waals surface area (Å²) in [5.74, 6) is 0.893. The number of hydrogen-bond acceptors (Lipinski definition) is 6. The third-order valence-corrected chi connectivity index (χ3v) is 8.70. The molecule has 5 rings (SSSR count). The second kappa shape index (κ2) is 6.18. The van der Waals surface area contributed by atoms with E-state index in [1.54, 1.807) is 0 Å². The summed E-state index contributed by atoms with van der Waals surface area (Å²) in [5.41, 5.74) is -0.467. The van der Waals surface area contributed by atoms with Crippen molar-refractivity contribution in [2.75, 3.05) is 13.2 Å². The zero-order valence-electron chi connectivity index (χ0n) is 17.3. The molecule has 0 aromatic heterocycles. The fraction of sp³-hybridized carbons (Fsp3) is 0.909. The van der Waals surface area contributed by atoms with Gasteiger partial charge in [0.15, 0.2) is 0 Å². The van der Waals surface area contributed by atoms with E-state index in [-0.39, 0.29) is 59.3 Å². The van der Waals surface area contributed by atoms with Crippen LogP contribution in [0.15, 0.2) is 0 Å². The van der Waals surface area contributed by atoms with Crippen LogP contribution in [0.5, 0.6) is 0 Å². The van der Waals surface area contributed by atoms with Crippen molar-refractivity contribution < 1.29 is 28.5 Å². The molecule has 3 saturated heterocycles. The molecule has 2 aliphatic carbocycles. The van der Waals surface area contributed by atoms with E-state index in [1.807, 2.05) is 6.92 Å². The lowest BCUT2D eigenvalue weighted by molar-refractivity contribution is -0.231. The van der Waals surface area contributed by atoms with Crippen LogP contribution >= 0.6 is 0 Å². The van der Waals surface area contributed by atoms with Gasteiger partial charge in [0.2, 0.25) is 0 Å². The van der Waals surface area contributed by atoms with E-state index in [2.05, 4.69) is 20.8 Å². The van der Waals surface area contributed by atoms with Crippen LogP contribution in [0.4, 0.5) is 0 Å². The van der Waals surface area contributed by atoms with Gasteiger partial charge in [-0.1, -0.05) is 27.7 Å². The quantitative estimate of drug-likeness (QED) is 0.543. The van der Waals surface area contributed by atoms with Gasteiger partial charge >= 0.3 is 11.9 Å². The van der Waals surface area contributed by atoms with E-state index in [0.29, 0.717) is 25.6 Å². The highest BCUT2D eigenvalue weighted by Gasteiger charge is 2.80.